The maximum absolute atomic E-state index is 6.21. The molecule has 0 saturated carbocycles. The van der Waals surface area contributed by atoms with Crippen LogP contribution in [0.15, 0.2) is 54.9 Å². The van der Waals surface area contributed by atoms with E-state index >= 15 is 0 Å². The van der Waals surface area contributed by atoms with Gasteiger partial charge in [0.2, 0.25) is 0 Å². The number of likely N-dealkylation sites (N-methyl/N-ethyl adjacent to an activating group) is 1. The quantitative estimate of drug-likeness (QED) is 0.717. The second-order valence-electron chi connectivity index (χ2n) is 5.79. The van der Waals surface area contributed by atoms with Gasteiger partial charge in [0.25, 0.3) is 0 Å². The Kier molecular flexibility index (Phi) is 5.46. The number of aryl methyl sites for hydroxylation is 1. The zero-order valence-corrected chi connectivity index (χ0v) is 15.0. The predicted octanol–water partition coefficient (Wildman–Crippen LogP) is 4.26. The summed E-state index contributed by atoms with van der Waals surface area (Å²) in [4.78, 5) is 15.2. The minimum absolute atomic E-state index is 0.659. The number of hydrogen-bond donors (Lipinski definition) is 1. The zero-order chi connectivity index (χ0) is 17.6. The van der Waals surface area contributed by atoms with Gasteiger partial charge in [-0.1, -0.05) is 23.7 Å². The smallest absolute Gasteiger partial charge is 0.136 e. The van der Waals surface area contributed by atoms with E-state index in [1.54, 1.807) is 0 Å². The number of halogens is 1. The lowest BCUT2D eigenvalue weighted by atomic mass is 10.2. The lowest BCUT2D eigenvalue weighted by molar-refractivity contribution is 0.848. The molecule has 25 heavy (non-hydrogen) atoms. The van der Waals surface area contributed by atoms with E-state index < -0.39 is 0 Å². The Hall–Kier alpha value is -2.66. The summed E-state index contributed by atoms with van der Waals surface area (Å²) in [5.41, 5.74) is 2.08. The number of para-hydroxylation sites is 1. The first-order valence-corrected chi connectivity index (χ1v) is 8.47. The van der Waals surface area contributed by atoms with Gasteiger partial charge >= 0.3 is 0 Å². The largest absolute Gasteiger partial charge is 0.359 e. The van der Waals surface area contributed by atoms with E-state index in [4.69, 9.17) is 11.6 Å². The molecule has 0 aliphatic rings. The molecule has 128 valence electrons. The van der Waals surface area contributed by atoms with Crippen molar-refractivity contribution in [3.05, 3.63) is 71.3 Å². The number of nitrogens with zero attached hydrogens (tertiary/aromatic N) is 4. The standard InChI is InChI=1S/C19H20ClN5/c1-14-22-18(24-17-6-4-3-5-16(17)20)13-19(23-14)25(2)12-9-15-7-10-21-11-8-15/h3-8,10-11,13H,9,12H2,1-2H3,(H,22,23,24). The molecular weight excluding hydrogens is 334 g/mol. The summed E-state index contributed by atoms with van der Waals surface area (Å²) in [5.74, 6) is 2.31. The maximum atomic E-state index is 6.21. The molecule has 2 aromatic heterocycles. The Labute approximate surface area is 152 Å². The van der Waals surface area contributed by atoms with Crippen molar-refractivity contribution >= 4 is 28.9 Å². The molecule has 0 spiro atoms. The van der Waals surface area contributed by atoms with Crippen LogP contribution in [0.1, 0.15) is 11.4 Å². The molecule has 1 N–H and O–H groups in total. The van der Waals surface area contributed by atoms with Gasteiger partial charge in [0.15, 0.2) is 0 Å². The average molecular weight is 354 g/mol. The minimum Gasteiger partial charge on any atom is -0.359 e. The number of hydrogen-bond acceptors (Lipinski definition) is 5. The van der Waals surface area contributed by atoms with Crippen LogP contribution in [0, 0.1) is 6.92 Å². The highest BCUT2D eigenvalue weighted by molar-refractivity contribution is 6.33. The van der Waals surface area contributed by atoms with E-state index in [2.05, 4.69) is 25.2 Å². The number of anilines is 3. The molecule has 1 aromatic carbocycles. The number of aromatic nitrogens is 3. The predicted molar refractivity (Wildman–Crippen MR) is 103 cm³/mol. The lowest BCUT2D eigenvalue weighted by Gasteiger charge is -2.19. The van der Waals surface area contributed by atoms with Crippen molar-refractivity contribution in [1.29, 1.82) is 0 Å². The normalized spacial score (nSPS) is 10.5. The van der Waals surface area contributed by atoms with Crippen LogP contribution in [0.3, 0.4) is 0 Å². The Morgan fingerprint density at radius 1 is 1.08 bits per heavy atom. The molecule has 0 unspecified atom stereocenters. The Bertz CT molecular complexity index is 838. The monoisotopic (exact) mass is 353 g/mol. The van der Waals surface area contributed by atoms with Gasteiger partial charge in [-0.25, -0.2) is 9.97 Å². The topological polar surface area (TPSA) is 53.9 Å². The van der Waals surface area contributed by atoms with Crippen molar-refractivity contribution in [2.24, 2.45) is 0 Å². The van der Waals surface area contributed by atoms with Gasteiger partial charge in [-0.2, -0.15) is 0 Å². The van der Waals surface area contributed by atoms with Crippen molar-refractivity contribution in [3.63, 3.8) is 0 Å². The van der Waals surface area contributed by atoms with E-state index in [0.29, 0.717) is 10.8 Å². The number of benzene rings is 1. The van der Waals surface area contributed by atoms with Crippen molar-refractivity contribution < 1.29 is 0 Å². The molecule has 0 aliphatic heterocycles. The number of rotatable bonds is 6. The molecule has 5 nitrogen and oxygen atoms in total. The van der Waals surface area contributed by atoms with Crippen LogP contribution in [-0.2, 0) is 6.42 Å². The molecule has 6 heteroatoms. The van der Waals surface area contributed by atoms with E-state index in [1.165, 1.54) is 5.56 Å². The summed E-state index contributed by atoms with van der Waals surface area (Å²) in [6.07, 6.45) is 4.56. The van der Waals surface area contributed by atoms with Crippen LogP contribution < -0.4 is 10.2 Å². The Balaban J connectivity index is 1.73. The molecule has 2 heterocycles. The highest BCUT2D eigenvalue weighted by Gasteiger charge is 2.08. The zero-order valence-electron chi connectivity index (χ0n) is 14.3. The summed E-state index contributed by atoms with van der Waals surface area (Å²) >= 11 is 6.21. The lowest BCUT2D eigenvalue weighted by Crippen LogP contribution is -2.22. The van der Waals surface area contributed by atoms with Crippen LogP contribution in [0.4, 0.5) is 17.3 Å². The van der Waals surface area contributed by atoms with E-state index in [1.807, 2.05) is 68.8 Å². The van der Waals surface area contributed by atoms with E-state index in [-0.39, 0.29) is 0 Å². The fraction of sp³-hybridized carbons (Fsp3) is 0.211. The van der Waals surface area contributed by atoms with Gasteiger partial charge in [0, 0.05) is 32.1 Å². The minimum atomic E-state index is 0.659. The first kappa shape index (κ1) is 17.2. The first-order valence-electron chi connectivity index (χ1n) is 8.09. The van der Waals surface area contributed by atoms with Crippen LogP contribution in [0.2, 0.25) is 5.02 Å². The molecule has 3 aromatic rings. The molecule has 0 saturated heterocycles. The van der Waals surface area contributed by atoms with Gasteiger partial charge in [0.05, 0.1) is 10.7 Å². The second-order valence-corrected chi connectivity index (χ2v) is 6.20. The van der Waals surface area contributed by atoms with Crippen LogP contribution in [0.5, 0.6) is 0 Å². The Morgan fingerprint density at radius 3 is 2.60 bits per heavy atom. The third kappa shape index (κ3) is 4.67. The molecule has 0 bridgehead atoms. The fourth-order valence-corrected chi connectivity index (χ4v) is 2.66. The molecule has 0 radical (unpaired) electrons. The molecule has 3 rings (SSSR count). The summed E-state index contributed by atoms with van der Waals surface area (Å²) in [7, 11) is 2.03. The second kappa shape index (κ2) is 7.94. The van der Waals surface area contributed by atoms with Gasteiger partial charge < -0.3 is 10.2 Å². The third-order valence-electron chi connectivity index (χ3n) is 3.84. The molecule has 0 atom stereocenters. The maximum Gasteiger partial charge on any atom is 0.136 e. The average Bonchev–Trinajstić information content (AvgIpc) is 2.62. The summed E-state index contributed by atoms with van der Waals surface area (Å²) in [5, 5.41) is 3.92. The van der Waals surface area contributed by atoms with E-state index in [9.17, 15) is 0 Å². The highest BCUT2D eigenvalue weighted by Crippen LogP contribution is 2.25. The first-order chi connectivity index (χ1) is 12.1. The molecule has 0 amide bonds. The third-order valence-corrected chi connectivity index (χ3v) is 4.17. The van der Waals surface area contributed by atoms with E-state index in [0.717, 1.165) is 30.3 Å². The van der Waals surface area contributed by atoms with Crippen LogP contribution >= 0.6 is 11.6 Å². The number of nitrogens with one attached hydrogen (secondary N) is 1. The van der Waals surface area contributed by atoms with Crippen molar-refractivity contribution in [2.75, 3.05) is 23.8 Å². The van der Waals surface area contributed by atoms with Crippen LogP contribution in [0.25, 0.3) is 0 Å². The highest BCUT2D eigenvalue weighted by atomic mass is 35.5. The summed E-state index contributed by atoms with van der Waals surface area (Å²) in [6.45, 7) is 2.74. The summed E-state index contributed by atoms with van der Waals surface area (Å²) in [6, 6.07) is 13.6. The number of pyridine rings is 1. The van der Waals surface area contributed by atoms with Crippen molar-refractivity contribution in [1.82, 2.24) is 15.0 Å². The van der Waals surface area contributed by atoms with Crippen LogP contribution in [-0.4, -0.2) is 28.5 Å². The van der Waals surface area contributed by atoms with Crippen molar-refractivity contribution in [2.45, 2.75) is 13.3 Å². The van der Waals surface area contributed by atoms with Gasteiger partial charge in [-0.3, -0.25) is 4.98 Å². The van der Waals surface area contributed by atoms with Gasteiger partial charge in [-0.15, -0.1) is 0 Å². The summed E-state index contributed by atoms with van der Waals surface area (Å²) < 4.78 is 0. The van der Waals surface area contributed by atoms with Gasteiger partial charge in [0.1, 0.15) is 17.5 Å². The Morgan fingerprint density at radius 2 is 1.84 bits per heavy atom. The molecule has 0 fully saturated rings. The van der Waals surface area contributed by atoms with Crippen molar-refractivity contribution in [3.8, 4) is 0 Å². The molecular formula is C19H20ClN5. The fourth-order valence-electron chi connectivity index (χ4n) is 2.47. The SMILES string of the molecule is Cc1nc(Nc2ccccc2Cl)cc(N(C)CCc2ccncc2)n1. The molecule has 0 aliphatic carbocycles. The van der Waals surface area contributed by atoms with Gasteiger partial charge in [-0.05, 0) is 43.2 Å².